The number of rotatable bonds is 12. The topological polar surface area (TPSA) is 112 Å². The fraction of sp³-hybridized carbons (Fsp3) is 0.750. The van der Waals surface area contributed by atoms with E-state index in [1.807, 2.05) is 0 Å². The zero-order valence-corrected chi connectivity index (χ0v) is 19.1. The third-order valence-electron chi connectivity index (χ3n) is 3.70. The molecule has 1 aromatic rings. The highest BCUT2D eigenvalue weighted by Crippen LogP contribution is 2.24. The van der Waals surface area contributed by atoms with Crippen LogP contribution in [0.25, 0.3) is 0 Å². The van der Waals surface area contributed by atoms with E-state index in [0.717, 1.165) is 18.7 Å². The van der Waals surface area contributed by atoms with Gasteiger partial charge in [0.1, 0.15) is 25.5 Å². The lowest BCUT2D eigenvalue weighted by Gasteiger charge is -2.21. The minimum Gasteiger partial charge on any atom is -0.393 e. The molecule has 10 heteroatoms. The molecule has 1 rings (SSSR count). The maximum absolute atomic E-state index is 6.14. The first-order valence-corrected chi connectivity index (χ1v) is 16.4. The monoisotopic (exact) mass is 400 g/mol. The Morgan fingerprint density at radius 1 is 1.00 bits per heavy atom. The Bertz CT molecular complexity index is 549. The first-order valence-electron chi connectivity index (χ1n) is 9.02. The number of anilines is 3. The normalized spacial score (nSPS) is 12.3. The van der Waals surface area contributed by atoms with Crippen molar-refractivity contribution in [2.75, 3.05) is 42.7 Å². The average Bonchev–Trinajstić information content (AvgIpc) is 2.50. The van der Waals surface area contributed by atoms with Gasteiger partial charge >= 0.3 is 0 Å². The summed E-state index contributed by atoms with van der Waals surface area (Å²) >= 11 is 0. The van der Waals surface area contributed by atoms with Crippen molar-refractivity contribution in [2.45, 2.75) is 51.4 Å². The Hall–Kier alpha value is -1.21. The maximum atomic E-state index is 6.14. The Morgan fingerprint density at radius 2 is 1.58 bits per heavy atom. The van der Waals surface area contributed by atoms with Crippen LogP contribution in [-0.2, 0) is 9.47 Å². The van der Waals surface area contributed by atoms with Crippen molar-refractivity contribution in [1.82, 2.24) is 9.97 Å². The highest BCUT2D eigenvalue weighted by molar-refractivity contribution is 6.76. The van der Waals surface area contributed by atoms with E-state index in [4.69, 9.17) is 21.1 Å². The van der Waals surface area contributed by atoms with Gasteiger partial charge in [-0.25, -0.2) is 15.8 Å². The highest BCUT2D eigenvalue weighted by Gasteiger charge is 2.15. The van der Waals surface area contributed by atoms with Gasteiger partial charge in [-0.1, -0.05) is 39.3 Å². The van der Waals surface area contributed by atoms with Crippen LogP contribution in [0.15, 0.2) is 6.33 Å². The summed E-state index contributed by atoms with van der Waals surface area (Å²) in [5.74, 6) is 6.99. The summed E-state index contributed by atoms with van der Waals surface area (Å²) in [5, 5.41) is 4.48. The van der Waals surface area contributed by atoms with Crippen molar-refractivity contribution >= 4 is 33.5 Å². The number of nitrogens with one attached hydrogen (secondary N) is 1. The van der Waals surface area contributed by atoms with Crippen molar-refractivity contribution in [3.63, 3.8) is 0 Å². The fourth-order valence-electron chi connectivity index (χ4n) is 1.93. The lowest BCUT2D eigenvalue weighted by molar-refractivity contribution is 0.146. The Morgan fingerprint density at radius 3 is 2.15 bits per heavy atom. The van der Waals surface area contributed by atoms with Crippen LogP contribution in [0.3, 0.4) is 0 Å². The molecule has 150 valence electrons. The smallest absolute Gasteiger partial charge is 0.173 e. The second-order valence-corrected chi connectivity index (χ2v) is 20.1. The number of hydrogen-bond acceptors (Lipinski definition) is 8. The van der Waals surface area contributed by atoms with E-state index in [1.165, 1.54) is 11.3 Å². The van der Waals surface area contributed by atoms with Crippen LogP contribution < -0.4 is 21.9 Å². The van der Waals surface area contributed by atoms with Gasteiger partial charge in [-0.3, -0.25) is 5.01 Å². The van der Waals surface area contributed by atoms with Gasteiger partial charge < -0.3 is 20.5 Å². The molecule has 1 aromatic heterocycles. The summed E-state index contributed by atoms with van der Waals surface area (Å²) in [6, 6.07) is 2.20. The highest BCUT2D eigenvalue weighted by atomic mass is 28.3. The summed E-state index contributed by atoms with van der Waals surface area (Å²) in [6.45, 7) is 15.9. The van der Waals surface area contributed by atoms with Gasteiger partial charge in [0.2, 0.25) is 0 Å². The van der Waals surface area contributed by atoms with E-state index in [9.17, 15) is 0 Å². The SMILES string of the molecule is C[Si](C)(C)CCOCNc1ncnc(N(N)COCC[Si](C)(C)C)c1N. The van der Waals surface area contributed by atoms with Crippen LogP contribution in [0.2, 0.25) is 51.4 Å². The molecule has 0 aliphatic heterocycles. The molecule has 0 saturated heterocycles. The second-order valence-electron chi connectivity index (χ2n) is 8.82. The van der Waals surface area contributed by atoms with E-state index >= 15 is 0 Å². The van der Waals surface area contributed by atoms with Crippen molar-refractivity contribution in [3.05, 3.63) is 6.33 Å². The molecule has 5 N–H and O–H groups in total. The quantitative estimate of drug-likeness (QED) is 0.161. The number of nitrogens with two attached hydrogens (primary N) is 2. The first-order chi connectivity index (χ1) is 12.0. The fourth-order valence-corrected chi connectivity index (χ4v) is 3.44. The molecule has 0 aliphatic rings. The number of ether oxygens (including phenoxy) is 2. The molecule has 26 heavy (non-hydrogen) atoms. The van der Waals surface area contributed by atoms with E-state index in [1.54, 1.807) is 0 Å². The molecule has 0 aromatic carbocycles. The van der Waals surface area contributed by atoms with E-state index in [2.05, 4.69) is 54.6 Å². The molecule has 0 aliphatic carbocycles. The number of nitrogens with zero attached hydrogens (tertiary/aromatic N) is 3. The van der Waals surface area contributed by atoms with Crippen molar-refractivity contribution in [3.8, 4) is 0 Å². The predicted octanol–water partition coefficient (Wildman–Crippen LogP) is 2.78. The lowest BCUT2D eigenvalue weighted by atomic mass is 10.4. The van der Waals surface area contributed by atoms with Crippen molar-refractivity contribution in [1.29, 1.82) is 0 Å². The van der Waals surface area contributed by atoms with Crippen LogP contribution >= 0.6 is 0 Å². The van der Waals surface area contributed by atoms with Crippen LogP contribution in [0.1, 0.15) is 0 Å². The Balaban J connectivity index is 2.47. The van der Waals surface area contributed by atoms with E-state index in [0.29, 0.717) is 30.7 Å². The third-order valence-corrected chi connectivity index (χ3v) is 7.11. The van der Waals surface area contributed by atoms with Gasteiger partial charge in [-0.2, -0.15) is 0 Å². The molecule has 0 saturated carbocycles. The van der Waals surface area contributed by atoms with Gasteiger partial charge in [0, 0.05) is 29.4 Å². The molecular formula is C16H36N6O2Si2. The molecule has 1 heterocycles. The second kappa shape index (κ2) is 10.2. The zero-order valence-electron chi connectivity index (χ0n) is 17.1. The third kappa shape index (κ3) is 9.48. The number of nitrogen functional groups attached to an aromatic ring is 1. The molecule has 0 spiro atoms. The molecule has 0 amide bonds. The first kappa shape index (κ1) is 22.8. The molecular weight excluding hydrogens is 364 g/mol. The molecule has 8 nitrogen and oxygen atoms in total. The molecule has 0 radical (unpaired) electrons. The van der Waals surface area contributed by atoms with Crippen LogP contribution in [0.5, 0.6) is 0 Å². The van der Waals surface area contributed by atoms with Gasteiger partial charge in [0.05, 0.1) is 0 Å². The summed E-state index contributed by atoms with van der Waals surface area (Å²) in [5.41, 5.74) is 6.52. The molecule has 0 atom stereocenters. The standard InChI is InChI=1S/C16H36N6O2Si2/c1-25(2,3)9-7-23-12-21-15-14(17)16(20-11-19-15)22(18)13-24-8-10-26(4,5)6/h11H,7-10,12-13,17-18H2,1-6H3,(H,19,20,21). The number of hydrazine groups is 1. The van der Waals surface area contributed by atoms with Gasteiger partial charge in [-0.05, 0) is 12.1 Å². The Kier molecular flexibility index (Phi) is 8.97. The van der Waals surface area contributed by atoms with Crippen LogP contribution in [-0.4, -0.2) is 52.8 Å². The van der Waals surface area contributed by atoms with Gasteiger partial charge in [0.15, 0.2) is 11.6 Å². The minimum absolute atomic E-state index is 0.234. The molecule has 0 fully saturated rings. The van der Waals surface area contributed by atoms with Crippen molar-refractivity contribution in [2.24, 2.45) is 5.84 Å². The minimum atomic E-state index is -1.12. The summed E-state index contributed by atoms with van der Waals surface area (Å²) in [6.07, 6.45) is 1.43. The largest absolute Gasteiger partial charge is 0.393 e. The lowest BCUT2D eigenvalue weighted by Crippen LogP contribution is -2.35. The van der Waals surface area contributed by atoms with Gasteiger partial charge in [0.25, 0.3) is 0 Å². The average molecular weight is 401 g/mol. The van der Waals surface area contributed by atoms with E-state index in [-0.39, 0.29) is 6.73 Å². The van der Waals surface area contributed by atoms with Crippen molar-refractivity contribution < 1.29 is 9.47 Å². The zero-order chi connectivity index (χ0) is 19.8. The van der Waals surface area contributed by atoms with Crippen LogP contribution in [0.4, 0.5) is 17.3 Å². The summed E-state index contributed by atoms with van der Waals surface area (Å²) in [7, 11) is -2.21. The van der Waals surface area contributed by atoms with Crippen LogP contribution in [0, 0.1) is 0 Å². The molecule has 0 bridgehead atoms. The maximum Gasteiger partial charge on any atom is 0.173 e. The number of hydrogen-bond donors (Lipinski definition) is 3. The molecule has 0 unspecified atom stereocenters. The van der Waals surface area contributed by atoms with Gasteiger partial charge in [-0.15, -0.1) is 0 Å². The Labute approximate surface area is 159 Å². The summed E-state index contributed by atoms with van der Waals surface area (Å²) in [4.78, 5) is 8.32. The predicted molar refractivity (Wildman–Crippen MR) is 115 cm³/mol. The summed E-state index contributed by atoms with van der Waals surface area (Å²) < 4.78 is 11.3. The van der Waals surface area contributed by atoms with E-state index < -0.39 is 16.1 Å². The number of aromatic nitrogens is 2.